The Balaban J connectivity index is 1.28. The summed E-state index contributed by atoms with van der Waals surface area (Å²) in [4.78, 5) is 41.1. The van der Waals surface area contributed by atoms with E-state index in [9.17, 15) is 9.59 Å². The first-order valence-corrected chi connectivity index (χ1v) is 14.5. The van der Waals surface area contributed by atoms with Gasteiger partial charge in [-0.1, -0.05) is 12.8 Å². The van der Waals surface area contributed by atoms with E-state index in [1.165, 1.54) is 18.4 Å². The molecule has 0 radical (unpaired) electrons. The molecule has 1 aliphatic heterocycles. The third-order valence-electron chi connectivity index (χ3n) is 7.28. The number of amides is 2. The summed E-state index contributed by atoms with van der Waals surface area (Å²) < 4.78 is 6.54. The van der Waals surface area contributed by atoms with Crippen molar-refractivity contribution in [3.63, 3.8) is 0 Å². The number of nitrogens with one attached hydrogen (secondary N) is 1. The SMILES string of the molecule is CN(C)C(=O)c1sc2cnc(Nc3ccc(N4CCN(C(=O)OC(C)(C)C)CC4)cn3)cc2c1C1CCCC1. The molecule has 1 N–H and O–H groups in total. The number of pyridine rings is 2. The Bertz CT molecular complexity index is 1330. The van der Waals surface area contributed by atoms with Crippen molar-refractivity contribution in [1.82, 2.24) is 19.8 Å². The molecule has 3 aromatic heterocycles. The molecule has 208 valence electrons. The third-order valence-corrected chi connectivity index (χ3v) is 8.42. The summed E-state index contributed by atoms with van der Waals surface area (Å²) in [5, 5.41) is 4.47. The third kappa shape index (κ3) is 6.11. The highest BCUT2D eigenvalue weighted by Gasteiger charge is 2.29. The predicted molar refractivity (Wildman–Crippen MR) is 156 cm³/mol. The number of ether oxygens (including phenoxy) is 1. The monoisotopic (exact) mass is 550 g/mol. The van der Waals surface area contributed by atoms with Crippen LogP contribution in [-0.4, -0.2) is 77.6 Å². The van der Waals surface area contributed by atoms with Crippen LogP contribution in [0.1, 0.15) is 67.6 Å². The number of rotatable bonds is 5. The Labute approximate surface area is 234 Å². The topological polar surface area (TPSA) is 90.9 Å². The fourth-order valence-corrected chi connectivity index (χ4v) is 6.58. The zero-order chi connectivity index (χ0) is 27.7. The van der Waals surface area contributed by atoms with Gasteiger partial charge < -0.3 is 24.8 Å². The maximum absolute atomic E-state index is 13.0. The lowest BCUT2D eigenvalue weighted by Crippen LogP contribution is -2.50. The lowest BCUT2D eigenvalue weighted by molar-refractivity contribution is 0.0240. The van der Waals surface area contributed by atoms with E-state index in [1.807, 2.05) is 59.4 Å². The number of thiophene rings is 1. The molecule has 10 heteroatoms. The Hall–Kier alpha value is -3.40. The first-order valence-electron chi connectivity index (χ1n) is 13.7. The van der Waals surface area contributed by atoms with Crippen LogP contribution in [0.15, 0.2) is 30.6 Å². The van der Waals surface area contributed by atoms with Crippen LogP contribution in [0.25, 0.3) is 10.1 Å². The molecule has 5 rings (SSSR count). The smallest absolute Gasteiger partial charge is 0.410 e. The summed E-state index contributed by atoms with van der Waals surface area (Å²) >= 11 is 1.55. The van der Waals surface area contributed by atoms with Crippen LogP contribution < -0.4 is 10.2 Å². The lowest BCUT2D eigenvalue weighted by Gasteiger charge is -2.36. The molecule has 1 aliphatic carbocycles. The molecular formula is C29H38N6O3S. The summed E-state index contributed by atoms with van der Waals surface area (Å²) in [6, 6.07) is 6.06. The Kier molecular flexibility index (Phi) is 7.66. The number of nitrogens with zero attached hydrogens (tertiary/aromatic N) is 5. The van der Waals surface area contributed by atoms with E-state index in [2.05, 4.69) is 26.3 Å². The summed E-state index contributed by atoms with van der Waals surface area (Å²) in [5.74, 6) is 1.91. The molecule has 1 saturated heterocycles. The molecule has 9 nitrogen and oxygen atoms in total. The molecule has 0 unspecified atom stereocenters. The van der Waals surface area contributed by atoms with Gasteiger partial charge in [-0.15, -0.1) is 11.3 Å². The largest absolute Gasteiger partial charge is 0.444 e. The van der Waals surface area contributed by atoms with Crippen molar-refractivity contribution in [3.8, 4) is 0 Å². The Morgan fingerprint density at radius 2 is 1.72 bits per heavy atom. The second-order valence-corrected chi connectivity index (χ2v) is 12.6. The minimum absolute atomic E-state index is 0.0665. The minimum Gasteiger partial charge on any atom is -0.444 e. The number of carbonyl (C=O) groups is 2. The summed E-state index contributed by atoms with van der Waals surface area (Å²) in [6.45, 7) is 8.32. The first kappa shape index (κ1) is 27.2. The molecular weight excluding hydrogens is 512 g/mol. The van der Waals surface area contributed by atoms with Crippen LogP contribution in [0.3, 0.4) is 0 Å². The Morgan fingerprint density at radius 3 is 2.33 bits per heavy atom. The van der Waals surface area contributed by atoms with Crippen LogP contribution in [0.5, 0.6) is 0 Å². The highest BCUT2D eigenvalue weighted by Crippen LogP contribution is 2.44. The van der Waals surface area contributed by atoms with E-state index in [-0.39, 0.29) is 12.0 Å². The van der Waals surface area contributed by atoms with E-state index < -0.39 is 5.60 Å². The van der Waals surface area contributed by atoms with Gasteiger partial charge in [-0.2, -0.15) is 0 Å². The second-order valence-electron chi connectivity index (χ2n) is 11.6. The fraction of sp³-hybridized carbons (Fsp3) is 0.517. The van der Waals surface area contributed by atoms with Crippen molar-refractivity contribution in [2.45, 2.75) is 58.0 Å². The summed E-state index contributed by atoms with van der Waals surface area (Å²) in [7, 11) is 3.62. The number of hydrogen-bond donors (Lipinski definition) is 1. The van der Waals surface area contributed by atoms with Crippen LogP contribution in [0.4, 0.5) is 22.1 Å². The minimum atomic E-state index is -0.492. The second kappa shape index (κ2) is 11.0. The first-order chi connectivity index (χ1) is 18.6. The lowest BCUT2D eigenvalue weighted by atomic mass is 9.94. The van der Waals surface area contributed by atoms with Gasteiger partial charge in [-0.3, -0.25) is 4.79 Å². The average Bonchev–Trinajstić information content (AvgIpc) is 3.55. The predicted octanol–water partition coefficient (Wildman–Crippen LogP) is 5.85. The van der Waals surface area contributed by atoms with Crippen molar-refractivity contribution < 1.29 is 14.3 Å². The van der Waals surface area contributed by atoms with Gasteiger partial charge in [0.25, 0.3) is 5.91 Å². The summed E-state index contributed by atoms with van der Waals surface area (Å²) in [6.07, 6.45) is 8.13. The molecule has 2 fully saturated rings. The molecule has 2 aliphatic rings. The van der Waals surface area contributed by atoms with Gasteiger partial charge in [0.05, 0.1) is 21.5 Å². The number of carbonyl (C=O) groups excluding carboxylic acids is 2. The van der Waals surface area contributed by atoms with Crippen LogP contribution in [-0.2, 0) is 4.74 Å². The van der Waals surface area contributed by atoms with Crippen LogP contribution in [0, 0.1) is 0 Å². The van der Waals surface area contributed by atoms with Crippen molar-refractivity contribution in [2.24, 2.45) is 0 Å². The van der Waals surface area contributed by atoms with Gasteiger partial charge in [0, 0.05) is 51.9 Å². The molecule has 0 aromatic carbocycles. The van der Waals surface area contributed by atoms with Gasteiger partial charge in [0.15, 0.2) is 0 Å². The molecule has 2 amide bonds. The molecule has 4 heterocycles. The Morgan fingerprint density at radius 1 is 1.03 bits per heavy atom. The van der Waals surface area contributed by atoms with E-state index in [4.69, 9.17) is 4.74 Å². The van der Waals surface area contributed by atoms with E-state index >= 15 is 0 Å². The highest BCUT2D eigenvalue weighted by atomic mass is 32.1. The van der Waals surface area contributed by atoms with Crippen molar-refractivity contribution in [3.05, 3.63) is 41.0 Å². The van der Waals surface area contributed by atoms with Gasteiger partial charge >= 0.3 is 6.09 Å². The molecule has 0 bridgehead atoms. The van der Waals surface area contributed by atoms with Gasteiger partial charge in [-0.05, 0) is 63.3 Å². The number of fused-ring (bicyclic) bond motifs is 1. The van der Waals surface area contributed by atoms with E-state index in [1.54, 1.807) is 21.1 Å². The number of piperazine rings is 1. The normalized spacial score (nSPS) is 16.5. The highest BCUT2D eigenvalue weighted by molar-refractivity contribution is 7.21. The number of hydrogen-bond acceptors (Lipinski definition) is 8. The zero-order valence-corrected chi connectivity index (χ0v) is 24.3. The van der Waals surface area contributed by atoms with Crippen molar-refractivity contribution in [2.75, 3.05) is 50.5 Å². The fourth-order valence-electron chi connectivity index (χ4n) is 5.32. The van der Waals surface area contributed by atoms with Gasteiger partial charge in [-0.25, -0.2) is 14.8 Å². The maximum Gasteiger partial charge on any atom is 0.410 e. The van der Waals surface area contributed by atoms with Gasteiger partial charge in [0.2, 0.25) is 0 Å². The molecule has 39 heavy (non-hydrogen) atoms. The van der Waals surface area contributed by atoms with Crippen molar-refractivity contribution >= 4 is 50.7 Å². The standard InChI is InChI=1S/C29H38N6O3S/c1-29(2,3)38-28(37)35-14-12-34(13-15-35)20-10-11-23(30-17-20)32-24-16-21-22(18-31-24)39-26(27(36)33(4)5)25(21)19-8-6-7-9-19/h10-11,16-19H,6-9,12-15H2,1-5H3,(H,30,31,32). The molecule has 0 spiro atoms. The van der Waals surface area contributed by atoms with Gasteiger partial charge in [0.1, 0.15) is 17.2 Å². The maximum atomic E-state index is 13.0. The van der Waals surface area contributed by atoms with E-state index in [0.717, 1.165) is 52.4 Å². The zero-order valence-electron chi connectivity index (χ0n) is 23.5. The number of aromatic nitrogens is 2. The van der Waals surface area contributed by atoms with E-state index in [0.29, 0.717) is 24.8 Å². The quantitative estimate of drug-likeness (QED) is 0.426. The van der Waals surface area contributed by atoms with Crippen LogP contribution in [0.2, 0.25) is 0 Å². The number of anilines is 3. The molecule has 0 atom stereocenters. The summed E-state index contributed by atoms with van der Waals surface area (Å²) in [5.41, 5.74) is 1.71. The van der Waals surface area contributed by atoms with Crippen LogP contribution >= 0.6 is 11.3 Å². The molecule has 3 aromatic rings. The average molecular weight is 551 g/mol. The van der Waals surface area contributed by atoms with Crippen molar-refractivity contribution in [1.29, 1.82) is 0 Å². The molecule has 1 saturated carbocycles.